The monoisotopic (exact) mass is 627 g/mol. The number of fused-ring (bicyclic) bond motifs is 4. The van der Waals surface area contributed by atoms with Crippen molar-refractivity contribution in [2.24, 2.45) is 0 Å². The molecule has 9 rings (SSSR count). The van der Waals surface area contributed by atoms with Gasteiger partial charge in [-0.3, -0.25) is 0 Å². The van der Waals surface area contributed by atoms with Gasteiger partial charge in [-0.2, -0.15) is 0 Å². The molecule has 0 fully saturated rings. The summed E-state index contributed by atoms with van der Waals surface area (Å²) in [6.07, 6.45) is 0. The normalized spacial score (nSPS) is 12.9. The lowest BCUT2D eigenvalue weighted by Gasteiger charge is -2.22. The Hall–Kier alpha value is -6.19. The summed E-state index contributed by atoms with van der Waals surface area (Å²) < 4.78 is 0. The van der Waals surface area contributed by atoms with Crippen molar-refractivity contribution < 1.29 is 0 Å². The average Bonchev–Trinajstić information content (AvgIpc) is 3.39. The molecule has 49 heavy (non-hydrogen) atoms. The van der Waals surface area contributed by atoms with Gasteiger partial charge in [0.25, 0.3) is 0 Å². The van der Waals surface area contributed by atoms with Gasteiger partial charge in [-0.25, -0.2) is 15.0 Å². The van der Waals surface area contributed by atoms with Crippen LogP contribution in [0.4, 0.5) is 0 Å². The second kappa shape index (κ2) is 11.5. The molecule has 1 aliphatic carbocycles. The van der Waals surface area contributed by atoms with E-state index in [9.17, 15) is 0 Å². The molecule has 0 aliphatic heterocycles. The summed E-state index contributed by atoms with van der Waals surface area (Å²) in [5, 5.41) is 2.58. The topological polar surface area (TPSA) is 38.7 Å². The van der Waals surface area contributed by atoms with Crippen molar-refractivity contribution in [2.75, 3.05) is 0 Å². The van der Waals surface area contributed by atoms with Crippen molar-refractivity contribution >= 4 is 10.8 Å². The molecular formula is C46H33N3. The third-order valence-corrected chi connectivity index (χ3v) is 9.89. The molecule has 0 atom stereocenters. The first-order valence-corrected chi connectivity index (χ1v) is 16.8. The van der Waals surface area contributed by atoms with Crippen LogP contribution in [0.1, 0.15) is 25.0 Å². The molecular weight excluding hydrogens is 595 g/mol. The first-order chi connectivity index (χ1) is 24.0. The Morgan fingerprint density at radius 3 is 1.35 bits per heavy atom. The van der Waals surface area contributed by atoms with Gasteiger partial charge in [0.15, 0.2) is 17.5 Å². The van der Waals surface area contributed by atoms with E-state index in [1.165, 1.54) is 44.2 Å². The van der Waals surface area contributed by atoms with Gasteiger partial charge in [0.2, 0.25) is 0 Å². The van der Waals surface area contributed by atoms with Gasteiger partial charge in [-0.1, -0.05) is 147 Å². The van der Waals surface area contributed by atoms with E-state index in [0.29, 0.717) is 17.5 Å². The minimum atomic E-state index is -0.0849. The highest BCUT2D eigenvalue weighted by Crippen LogP contribution is 2.51. The molecule has 3 heteroatoms. The van der Waals surface area contributed by atoms with Crippen LogP contribution in [0.3, 0.4) is 0 Å². The van der Waals surface area contributed by atoms with Gasteiger partial charge in [0, 0.05) is 22.1 Å². The number of rotatable bonds is 5. The van der Waals surface area contributed by atoms with Crippen LogP contribution in [0.25, 0.3) is 78.3 Å². The van der Waals surface area contributed by atoms with Gasteiger partial charge >= 0.3 is 0 Å². The van der Waals surface area contributed by atoms with Crippen LogP contribution < -0.4 is 0 Å². The van der Waals surface area contributed by atoms with Crippen molar-refractivity contribution in [2.45, 2.75) is 19.3 Å². The molecule has 1 aromatic heterocycles. The van der Waals surface area contributed by atoms with Crippen LogP contribution in [0.2, 0.25) is 0 Å². The third kappa shape index (κ3) is 5.12. The number of benzene rings is 7. The molecule has 0 spiro atoms. The Bertz CT molecular complexity index is 2460. The summed E-state index contributed by atoms with van der Waals surface area (Å²) in [5.41, 5.74) is 12.9. The van der Waals surface area contributed by atoms with Crippen molar-refractivity contribution in [3.8, 4) is 67.5 Å². The lowest BCUT2D eigenvalue weighted by atomic mass is 9.81. The summed E-state index contributed by atoms with van der Waals surface area (Å²) in [4.78, 5) is 14.8. The highest BCUT2D eigenvalue weighted by atomic mass is 15.0. The second-order valence-corrected chi connectivity index (χ2v) is 13.3. The first-order valence-electron chi connectivity index (χ1n) is 16.8. The standard InChI is InChI=1S/C46H33N3/c1-46(2)41-29-37(23-24-39(41)40-27-35-17-9-10-18-36(35)28-42(40)46)33-20-11-19-32(25-33)34-21-12-22-38(26-34)45-48-43(30-13-5-3-6-14-30)47-44(49-45)31-15-7-4-8-16-31/h3-29H,1-2H3. The zero-order valence-electron chi connectivity index (χ0n) is 27.4. The van der Waals surface area contributed by atoms with Crippen molar-refractivity contribution in [3.63, 3.8) is 0 Å². The van der Waals surface area contributed by atoms with E-state index in [-0.39, 0.29) is 5.41 Å². The zero-order valence-corrected chi connectivity index (χ0v) is 27.4. The lowest BCUT2D eigenvalue weighted by molar-refractivity contribution is 0.661. The summed E-state index contributed by atoms with van der Waals surface area (Å²) >= 11 is 0. The molecule has 0 amide bonds. The fourth-order valence-electron chi connectivity index (χ4n) is 7.25. The number of hydrogen-bond donors (Lipinski definition) is 0. The van der Waals surface area contributed by atoms with E-state index in [2.05, 4.69) is 117 Å². The maximum atomic E-state index is 4.96. The van der Waals surface area contributed by atoms with E-state index >= 15 is 0 Å². The molecule has 3 nitrogen and oxygen atoms in total. The van der Waals surface area contributed by atoms with Crippen LogP contribution in [0, 0.1) is 0 Å². The van der Waals surface area contributed by atoms with Gasteiger partial charge in [0.1, 0.15) is 0 Å². The van der Waals surface area contributed by atoms with Gasteiger partial charge < -0.3 is 0 Å². The average molecular weight is 628 g/mol. The van der Waals surface area contributed by atoms with Crippen LogP contribution in [0.5, 0.6) is 0 Å². The Balaban J connectivity index is 1.09. The summed E-state index contributed by atoms with van der Waals surface area (Å²) in [7, 11) is 0. The van der Waals surface area contributed by atoms with Crippen LogP contribution in [-0.4, -0.2) is 15.0 Å². The molecule has 0 saturated carbocycles. The Morgan fingerprint density at radius 2 is 0.755 bits per heavy atom. The van der Waals surface area contributed by atoms with Crippen molar-refractivity contribution in [3.05, 3.63) is 175 Å². The van der Waals surface area contributed by atoms with E-state index in [1.807, 2.05) is 60.7 Å². The smallest absolute Gasteiger partial charge is 0.164 e. The Kier molecular flexibility index (Phi) is 6.80. The predicted octanol–water partition coefficient (Wildman–Crippen LogP) is 11.7. The van der Waals surface area contributed by atoms with E-state index in [1.54, 1.807) is 0 Å². The first kappa shape index (κ1) is 29.0. The Labute approximate surface area is 286 Å². The minimum Gasteiger partial charge on any atom is -0.208 e. The van der Waals surface area contributed by atoms with Crippen LogP contribution in [0.15, 0.2) is 164 Å². The van der Waals surface area contributed by atoms with Gasteiger partial charge in [-0.15, -0.1) is 0 Å². The fourth-order valence-corrected chi connectivity index (χ4v) is 7.25. The highest BCUT2D eigenvalue weighted by molar-refractivity contribution is 5.94. The summed E-state index contributed by atoms with van der Waals surface area (Å²) in [5.74, 6) is 1.97. The third-order valence-electron chi connectivity index (χ3n) is 9.89. The zero-order chi connectivity index (χ0) is 33.0. The number of hydrogen-bond acceptors (Lipinski definition) is 3. The number of nitrogens with zero attached hydrogens (tertiary/aromatic N) is 3. The summed E-state index contributed by atoms with van der Waals surface area (Å²) in [6.45, 7) is 4.71. The molecule has 0 unspecified atom stereocenters. The largest absolute Gasteiger partial charge is 0.208 e. The van der Waals surface area contributed by atoms with Crippen molar-refractivity contribution in [1.82, 2.24) is 15.0 Å². The molecule has 0 saturated heterocycles. The molecule has 0 radical (unpaired) electrons. The molecule has 0 bridgehead atoms. The van der Waals surface area contributed by atoms with Crippen molar-refractivity contribution in [1.29, 1.82) is 0 Å². The predicted molar refractivity (Wildman–Crippen MR) is 202 cm³/mol. The van der Waals surface area contributed by atoms with Gasteiger partial charge in [-0.05, 0) is 85.6 Å². The molecule has 232 valence electrons. The SMILES string of the molecule is CC1(C)c2cc(-c3cccc(-c4cccc(-c5nc(-c6ccccc6)nc(-c6ccccc6)n5)c4)c3)ccc2-c2cc3ccccc3cc21. The molecule has 7 aromatic carbocycles. The van der Waals surface area contributed by atoms with Crippen LogP contribution >= 0.6 is 0 Å². The quantitative estimate of drug-likeness (QED) is 0.191. The maximum Gasteiger partial charge on any atom is 0.164 e. The highest BCUT2D eigenvalue weighted by Gasteiger charge is 2.35. The van der Waals surface area contributed by atoms with Crippen LogP contribution in [-0.2, 0) is 5.41 Å². The number of aromatic nitrogens is 3. The fraction of sp³-hybridized carbons (Fsp3) is 0.0652. The summed E-state index contributed by atoms with van der Waals surface area (Å²) in [6, 6.07) is 58.0. The lowest BCUT2D eigenvalue weighted by Crippen LogP contribution is -2.15. The second-order valence-electron chi connectivity index (χ2n) is 13.3. The van der Waals surface area contributed by atoms with E-state index in [0.717, 1.165) is 27.8 Å². The minimum absolute atomic E-state index is 0.0849. The Morgan fingerprint density at radius 1 is 0.327 bits per heavy atom. The van der Waals surface area contributed by atoms with Gasteiger partial charge in [0.05, 0.1) is 0 Å². The molecule has 1 aliphatic rings. The molecule has 1 heterocycles. The van der Waals surface area contributed by atoms with E-state index < -0.39 is 0 Å². The molecule has 8 aromatic rings. The van der Waals surface area contributed by atoms with E-state index in [4.69, 9.17) is 15.0 Å². The molecule has 0 N–H and O–H groups in total. The maximum absolute atomic E-state index is 4.96.